The Morgan fingerprint density at radius 3 is 2.41 bits per heavy atom. The number of esters is 1. The lowest BCUT2D eigenvalue weighted by molar-refractivity contribution is -0.139. The number of Topliss-reactive ketones (excluding diaryl/α,β-unsaturated/α-hetero) is 1. The van der Waals surface area contributed by atoms with Gasteiger partial charge in [-0.05, 0) is 18.2 Å². The van der Waals surface area contributed by atoms with Gasteiger partial charge in [0, 0.05) is 6.92 Å². The summed E-state index contributed by atoms with van der Waals surface area (Å²) in [7, 11) is 2.96. The Kier molecular flexibility index (Phi) is 4.51. The van der Waals surface area contributed by atoms with E-state index in [4.69, 9.17) is 9.47 Å². The second-order valence-electron chi connectivity index (χ2n) is 3.27. The predicted octanol–water partition coefficient (Wildman–Crippen LogP) is 1.45. The van der Waals surface area contributed by atoms with Crippen LogP contribution in [0.25, 0.3) is 0 Å². The minimum Gasteiger partial charge on any atom is -0.497 e. The van der Waals surface area contributed by atoms with Gasteiger partial charge in [0.25, 0.3) is 0 Å². The zero-order chi connectivity index (χ0) is 12.8. The van der Waals surface area contributed by atoms with Gasteiger partial charge in [0.15, 0.2) is 6.61 Å². The predicted molar refractivity (Wildman–Crippen MR) is 60.5 cm³/mol. The summed E-state index contributed by atoms with van der Waals surface area (Å²) in [5.41, 5.74) is 0.327. The molecule has 5 heteroatoms. The molecule has 0 heterocycles. The molecule has 17 heavy (non-hydrogen) atoms. The Labute approximate surface area is 99.3 Å². The number of ether oxygens (including phenoxy) is 3. The van der Waals surface area contributed by atoms with Crippen molar-refractivity contribution in [3.05, 3.63) is 23.8 Å². The lowest BCUT2D eigenvalue weighted by Crippen LogP contribution is -2.13. The van der Waals surface area contributed by atoms with E-state index in [9.17, 15) is 9.59 Å². The highest BCUT2D eigenvalue weighted by atomic mass is 16.5. The Bertz CT molecular complexity index is 425. The molecular formula is C12H14O5. The Hall–Kier alpha value is -2.04. The normalized spacial score (nSPS) is 9.59. The maximum Gasteiger partial charge on any atom is 0.303 e. The molecule has 0 fully saturated rings. The van der Waals surface area contributed by atoms with Gasteiger partial charge >= 0.3 is 5.97 Å². The number of methoxy groups -OCH3 is 2. The van der Waals surface area contributed by atoms with Gasteiger partial charge in [0.1, 0.15) is 11.5 Å². The molecule has 0 saturated carbocycles. The lowest BCUT2D eigenvalue weighted by Gasteiger charge is -2.09. The van der Waals surface area contributed by atoms with Gasteiger partial charge in [-0.1, -0.05) is 0 Å². The van der Waals surface area contributed by atoms with Crippen molar-refractivity contribution in [3.63, 3.8) is 0 Å². The molecule has 0 aliphatic rings. The second-order valence-corrected chi connectivity index (χ2v) is 3.27. The average Bonchev–Trinajstić information content (AvgIpc) is 2.34. The van der Waals surface area contributed by atoms with Gasteiger partial charge in [0.05, 0.1) is 19.8 Å². The molecule has 0 saturated heterocycles. The van der Waals surface area contributed by atoms with Crippen LogP contribution in [0.1, 0.15) is 17.3 Å². The van der Waals surface area contributed by atoms with Crippen LogP contribution in [0.4, 0.5) is 0 Å². The van der Waals surface area contributed by atoms with E-state index in [0.29, 0.717) is 17.1 Å². The smallest absolute Gasteiger partial charge is 0.303 e. The third kappa shape index (κ3) is 3.48. The number of hydrogen-bond acceptors (Lipinski definition) is 5. The fourth-order valence-electron chi connectivity index (χ4n) is 1.28. The van der Waals surface area contributed by atoms with Gasteiger partial charge in [-0.15, -0.1) is 0 Å². The Morgan fingerprint density at radius 2 is 1.88 bits per heavy atom. The van der Waals surface area contributed by atoms with E-state index < -0.39 is 5.97 Å². The van der Waals surface area contributed by atoms with E-state index >= 15 is 0 Å². The third-order valence-corrected chi connectivity index (χ3v) is 2.11. The van der Waals surface area contributed by atoms with Crippen molar-refractivity contribution >= 4 is 11.8 Å². The summed E-state index contributed by atoms with van der Waals surface area (Å²) >= 11 is 0. The van der Waals surface area contributed by atoms with Crippen molar-refractivity contribution in [1.82, 2.24) is 0 Å². The summed E-state index contributed by atoms with van der Waals surface area (Å²) in [6.07, 6.45) is 0. The van der Waals surface area contributed by atoms with Crippen LogP contribution in [-0.2, 0) is 9.53 Å². The van der Waals surface area contributed by atoms with Crippen LogP contribution < -0.4 is 9.47 Å². The average molecular weight is 238 g/mol. The zero-order valence-electron chi connectivity index (χ0n) is 9.98. The zero-order valence-corrected chi connectivity index (χ0v) is 9.98. The van der Waals surface area contributed by atoms with Crippen molar-refractivity contribution in [2.45, 2.75) is 6.92 Å². The minimum absolute atomic E-state index is 0.307. The largest absolute Gasteiger partial charge is 0.497 e. The molecule has 0 aromatic heterocycles. The maximum atomic E-state index is 11.8. The van der Waals surface area contributed by atoms with Crippen molar-refractivity contribution in [3.8, 4) is 11.5 Å². The second kappa shape index (κ2) is 5.89. The monoisotopic (exact) mass is 238 g/mol. The van der Waals surface area contributed by atoms with Crippen molar-refractivity contribution < 1.29 is 23.8 Å². The van der Waals surface area contributed by atoms with Crippen LogP contribution in [0.3, 0.4) is 0 Å². The molecule has 5 nitrogen and oxygen atoms in total. The fourth-order valence-corrected chi connectivity index (χ4v) is 1.28. The SMILES string of the molecule is COc1ccc(OC)c(C(=O)COC(C)=O)c1. The number of benzene rings is 1. The Balaban J connectivity index is 2.93. The molecule has 0 N–H and O–H groups in total. The summed E-state index contributed by atoms with van der Waals surface area (Å²) in [6, 6.07) is 4.85. The first-order valence-electron chi connectivity index (χ1n) is 4.97. The molecule has 0 aliphatic heterocycles. The number of ketones is 1. The van der Waals surface area contributed by atoms with E-state index in [1.54, 1.807) is 18.2 Å². The van der Waals surface area contributed by atoms with Gasteiger partial charge < -0.3 is 14.2 Å². The van der Waals surface area contributed by atoms with Crippen molar-refractivity contribution in [1.29, 1.82) is 0 Å². The molecule has 92 valence electrons. The molecule has 1 aromatic rings. The van der Waals surface area contributed by atoms with Crippen LogP contribution >= 0.6 is 0 Å². The van der Waals surface area contributed by atoms with Crippen LogP contribution in [0.5, 0.6) is 11.5 Å². The summed E-state index contributed by atoms with van der Waals surface area (Å²) in [5.74, 6) is 0.121. The highest BCUT2D eigenvalue weighted by Gasteiger charge is 2.14. The minimum atomic E-state index is -0.500. The van der Waals surface area contributed by atoms with Crippen molar-refractivity contribution in [2.24, 2.45) is 0 Å². The molecule has 1 rings (SSSR count). The molecule has 0 atom stereocenters. The highest BCUT2D eigenvalue weighted by Crippen LogP contribution is 2.24. The van der Waals surface area contributed by atoms with E-state index in [1.807, 2.05) is 0 Å². The standard InChI is InChI=1S/C12H14O5/c1-8(13)17-7-11(14)10-6-9(15-2)4-5-12(10)16-3/h4-6H,7H2,1-3H3. The van der Waals surface area contributed by atoms with E-state index in [1.165, 1.54) is 21.1 Å². The van der Waals surface area contributed by atoms with Crippen LogP contribution in [-0.4, -0.2) is 32.6 Å². The third-order valence-electron chi connectivity index (χ3n) is 2.11. The summed E-state index contributed by atoms with van der Waals surface area (Å²) in [4.78, 5) is 22.4. The molecular weight excluding hydrogens is 224 g/mol. The van der Waals surface area contributed by atoms with Crippen LogP contribution in [0.2, 0.25) is 0 Å². The van der Waals surface area contributed by atoms with Crippen LogP contribution in [0, 0.1) is 0 Å². The van der Waals surface area contributed by atoms with Gasteiger partial charge in [-0.3, -0.25) is 9.59 Å². The molecule has 0 amide bonds. The fraction of sp³-hybridized carbons (Fsp3) is 0.333. The topological polar surface area (TPSA) is 61.8 Å². The molecule has 0 spiro atoms. The van der Waals surface area contributed by atoms with E-state index in [-0.39, 0.29) is 12.4 Å². The first-order chi connectivity index (χ1) is 8.08. The van der Waals surface area contributed by atoms with E-state index in [2.05, 4.69) is 4.74 Å². The first-order valence-corrected chi connectivity index (χ1v) is 4.97. The lowest BCUT2D eigenvalue weighted by atomic mass is 10.1. The van der Waals surface area contributed by atoms with E-state index in [0.717, 1.165) is 0 Å². The van der Waals surface area contributed by atoms with Crippen LogP contribution in [0.15, 0.2) is 18.2 Å². The molecule has 0 aliphatic carbocycles. The maximum absolute atomic E-state index is 11.8. The Morgan fingerprint density at radius 1 is 1.18 bits per heavy atom. The molecule has 1 aromatic carbocycles. The van der Waals surface area contributed by atoms with Gasteiger partial charge in [-0.25, -0.2) is 0 Å². The highest BCUT2D eigenvalue weighted by molar-refractivity contribution is 6.00. The summed E-state index contributed by atoms with van der Waals surface area (Å²) < 4.78 is 14.7. The molecule has 0 unspecified atom stereocenters. The molecule has 0 radical (unpaired) electrons. The molecule has 0 bridgehead atoms. The summed E-state index contributed by atoms with van der Waals surface area (Å²) in [6.45, 7) is 0.939. The van der Waals surface area contributed by atoms with Gasteiger partial charge in [0.2, 0.25) is 5.78 Å². The number of hydrogen-bond donors (Lipinski definition) is 0. The number of rotatable bonds is 5. The number of carbonyl (C=O) groups excluding carboxylic acids is 2. The quantitative estimate of drug-likeness (QED) is 0.574. The number of carbonyl (C=O) groups is 2. The van der Waals surface area contributed by atoms with Gasteiger partial charge in [-0.2, -0.15) is 0 Å². The van der Waals surface area contributed by atoms with Crippen molar-refractivity contribution in [2.75, 3.05) is 20.8 Å². The summed E-state index contributed by atoms with van der Waals surface area (Å²) in [5, 5.41) is 0. The first kappa shape index (κ1) is 13.0.